The largest absolute Gasteiger partial charge is 1.00 e. The SMILES string of the molecule is CC(C)(C)[S+]([O-])N[C@@H]1c2ccccc2C(c2cnc([S-])cn2)C12CCNCC2.[Na+]. The van der Waals surface area contributed by atoms with Crippen molar-refractivity contribution in [3.05, 3.63) is 53.5 Å². The van der Waals surface area contributed by atoms with E-state index in [1.165, 1.54) is 11.1 Å². The number of nitrogens with zero attached hydrogens (tertiary/aromatic N) is 2. The van der Waals surface area contributed by atoms with Gasteiger partial charge in [0, 0.05) is 35.1 Å². The predicted octanol–water partition coefficient (Wildman–Crippen LogP) is -0.00540. The molecule has 1 fully saturated rings. The third-order valence-corrected chi connectivity index (χ3v) is 7.80. The third kappa shape index (κ3) is 4.39. The minimum atomic E-state index is -1.16. The molecule has 2 aromatic rings. The van der Waals surface area contributed by atoms with Gasteiger partial charge in [-0.05, 0) is 57.8 Å². The first-order valence-electron chi connectivity index (χ1n) is 9.79. The van der Waals surface area contributed by atoms with Crippen molar-refractivity contribution in [3.63, 3.8) is 0 Å². The van der Waals surface area contributed by atoms with Crippen LogP contribution in [0.3, 0.4) is 0 Å². The average Bonchev–Trinajstić information content (AvgIpc) is 2.92. The molecule has 1 aliphatic carbocycles. The summed E-state index contributed by atoms with van der Waals surface area (Å²) in [6, 6.07) is 8.53. The van der Waals surface area contributed by atoms with Crippen LogP contribution in [0.5, 0.6) is 0 Å². The van der Waals surface area contributed by atoms with Crippen LogP contribution in [-0.2, 0) is 24.0 Å². The maximum atomic E-state index is 13.1. The molecule has 5 nitrogen and oxygen atoms in total. The van der Waals surface area contributed by atoms with E-state index in [0.29, 0.717) is 5.03 Å². The van der Waals surface area contributed by atoms with Crippen molar-refractivity contribution in [1.29, 1.82) is 0 Å². The predicted molar refractivity (Wildman–Crippen MR) is 114 cm³/mol. The second-order valence-corrected chi connectivity index (χ2v) is 11.2. The van der Waals surface area contributed by atoms with Crippen LogP contribution in [0.1, 0.15) is 62.4 Å². The molecule has 1 saturated heterocycles. The van der Waals surface area contributed by atoms with E-state index in [4.69, 9.17) is 12.6 Å². The Labute approximate surface area is 204 Å². The zero-order chi connectivity index (χ0) is 19.9. The topological polar surface area (TPSA) is 72.9 Å². The minimum absolute atomic E-state index is 0. The molecule has 2 heterocycles. The van der Waals surface area contributed by atoms with Crippen LogP contribution in [-0.4, -0.2) is 32.4 Å². The van der Waals surface area contributed by atoms with Crippen molar-refractivity contribution < 1.29 is 34.1 Å². The second-order valence-electron chi connectivity index (χ2n) is 8.76. The van der Waals surface area contributed by atoms with Crippen LogP contribution in [0.2, 0.25) is 0 Å². The fraction of sp³-hybridized carbons (Fsp3) is 0.524. The third-order valence-electron chi connectivity index (χ3n) is 6.03. The maximum Gasteiger partial charge on any atom is 1.00 e. The summed E-state index contributed by atoms with van der Waals surface area (Å²) in [5, 5.41) is 4.00. The summed E-state index contributed by atoms with van der Waals surface area (Å²) in [6.07, 6.45) is 5.48. The van der Waals surface area contributed by atoms with Gasteiger partial charge in [-0.15, -0.1) is 4.72 Å². The number of rotatable bonds is 3. The fourth-order valence-electron chi connectivity index (χ4n) is 4.69. The normalized spacial score (nSPS) is 24.0. The minimum Gasteiger partial charge on any atom is -0.759 e. The van der Waals surface area contributed by atoms with E-state index in [2.05, 4.69) is 44.3 Å². The Balaban J connectivity index is 0.00000240. The maximum absolute atomic E-state index is 13.1. The van der Waals surface area contributed by atoms with Crippen molar-refractivity contribution in [2.45, 2.75) is 55.3 Å². The molecular formula is C21H27N4NaOS2. The molecule has 1 aromatic carbocycles. The van der Waals surface area contributed by atoms with Gasteiger partial charge >= 0.3 is 29.6 Å². The molecule has 2 aliphatic rings. The Morgan fingerprint density at radius 3 is 2.38 bits per heavy atom. The molecule has 0 amide bonds. The zero-order valence-corrected chi connectivity index (χ0v) is 21.2. The van der Waals surface area contributed by atoms with Gasteiger partial charge < -0.3 is 22.5 Å². The molecule has 0 radical (unpaired) electrons. The van der Waals surface area contributed by atoms with Crippen LogP contribution in [0.25, 0.3) is 0 Å². The van der Waals surface area contributed by atoms with Crippen molar-refractivity contribution in [3.8, 4) is 0 Å². The monoisotopic (exact) mass is 438 g/mol. The van der Waals surface area contributed by atoms with E-state index in [-0.39, 0.29) is 51.7 Å². The molecule has 29 heavy (non-hydrogen) atoms. The average molecular weight is 439 g/mol. The van der Waals surface area contributed by atoms with Gasteiger partial charge in [0.15, 0.2) is 0 Å². The van der Waals surface area contributed by atoms with E-state index in [0.717, 1.165) is 31.6 Å². The van der Waals surface area contributed by atoms with Gasteiger partial charge in [0.05, 0.1) is 11.7 Å². The molecule has 3 atom stereocenters. The second kappa shape index (κ2) is 9.09. The van der Waals surface area contributed by atoms with Gasteiger partial charge in [-0.1, -0.05) is 29.3 Å². The molecule has 1 aromatic heterocycles. The summed E-state index contributed by atoms with van der Waals surface area (Å²) in [5.41, 5.74) is 3.36. The molecule has 0 bridgehead atoms. The van der Waals surface area contributed by atoms with Gasteiger partial charge in [0.1, 0.15) is 4.75 Å². The molecule has 0 saturated carbocycles. The molecule has 1 aliphatic heterocycles. The summed E-state index contributed by atoms with van der Waals surface area (Å²) in [6.45, 7) is 7.92. The van der Waals surface area contributed by atoms with Gasteiger partial charge in [-0.3, -0.25) is 9.97 Å². The van der Waals surface area contributed by atoms with E-state index in [1.54, 1.807) is 6.20 Å². The first-order chi connectivity index (χ1) is 13.3. The number of nitrogens with one attached hydrogen (secondary N) is 2. The summed E-state index contributed by atoms with van der Waals surface area (Å²) >= 11 is 4.00. The molecule has 1 spiro atoms. The van der Waals surface area contributed by atoms with Gasteiger partial charge in [-0.2, -0.15) is 0 Å². The number of fused-ring (bicyclic) bond motifs is 1. The Hall–Kier alpha value is -0.250. The number of hydrogen-bond donors (Lipinski definition) is 2. The first-order valence-corrected chi connectivity index (χ1v) is 11.4. The smallest absolute Gasteiger partial charge is 0.759 e. The van der Waals surface area contributed by atoms with Gasteiger partial charge in [0.25, 0.3) is 0 Å². The molecule has 150 valence electrons. The standard InChI is InChI=1S/C21H28N4OS2.Na/c1-20(2,3)28(26)25-19-15-7-5-4-6-14(15)18(16-12-24-17(27)13-23-16)21(19)8-10-22-11-9-21;/h4-7,12-13,18-19,22,25H,8-11H2,1-3H3,(H,24,27);/q;+1/p-1/t18?,19-,28?;/m1./s1. The number of piperidine rings is 1. The Morgan fingerprint density at radius 2 is 1.79 bits per heavy atom. The first kappa shape index (κ1) is 23.4. The van der Waals surface area contributed by atoms with E-state index in [9.17, 15) is 4.55 Å². The summed E-state index contributed by atoms with van der Waals surface area (Å²) in [4.78, 5) is 9.04. The fourth-order valence-corrected chi connectivity index (χ4v) is 5.72. The van der Waals surface area contributed by atoms with Gasteiger partial charge in [-0.25, -0.2) is 0 Å². The molecule has 2 N–H and O–H groups in total. The van der Waals surface area contributed by atoms with Gasteiger partial charge in [0.2, 0.25) is 0 Å². The zero-order valence-electron chi connectivity index (χ0n) is 17.6. The van der Waals surface area contributed by atoms with E-state index in [1.807, 2.05) is 27.0 Å². The Bertz CT molecular complexity index is 837. The van der Waals surface area contributed by atoms with Crippen LogP contribution >= 0.6 is 0 Å². The number of aromatic nitrogens is 2. The van der Waals surface area contributed by atoms with Crippen molar-refractivity contribution in [1.82, 2.24) is 20.0 Å². The Kier molecular flexibility index (Phi) is 7.34. The summed E-state index contributed by atoms with van der Waals surface area (Å²) in [5.74, 6) is 0.114. The molecular weight excluding hydrogens is 411 g/mol. The number of hydrogen-bond acceptors (Lipinski definition) is 6. The van der Waals surface area contributed by atoms with Crippen LogP contribution in [0, 0.1) is 5.41 Å². The van der Waals surface area contributed by atoms with Crippen molar-refractivity contribution in [2.24, 2.45) is 5.41 Å². The van der Waals surface area contributed by atoms with Crippen LogP contribution in [0.4, 0.5) is 0 Å². The quantitative estimate of drug-likeness (QED) is 0.399. The molecule has 2 unspecified atom stereocenters. The summed E-state index contributed by atoms with van der Waals surface area (Å²) in [7, 11) is 0. The molecule has 8 heteroatoms. The van der Waals surface area contributed by atoms with E-state index >= 15 is 0 Å². The number of benzene rings is 1. The van der Waals surface area contributed by atoms with Crippen molar-refractivity contribution in [2.75, 3.05) is 13.1 Å². The van der Waals surface area contributed by atoms with Crippen LogP contribution in [0.15, 0.2) is 41.7 Å². The molecule has 4 rings (SSSR count). The Morgan fingerprint density at radius 1 is 1.14 bits per heavy atom. The van der Waals surface area contributed by atoms with E-state index < -0.39 is 11.4 Å². The summed E-state index contributed by atoms with van der Waals surface area (Å²) < 4.78 is 16.3. The van der Waals surface area contributed by atoms with Crippen molar-refractivity contribution >= 4 is 24.0 Å². The van der Waals surface area contributed by atoms with Crippen LogP contribution < -0.4 is 39.6 Å².